The molecule has 0 amide bonds. The average Bonchev–Trinajstić information content (AvgIpc) is 2.38. The molecule has 0 bridgehead atoms. The number of rotatable bonds is 8. The molecule has 118 valence electrons. The Morgan fingerprint density at radius 2 is 1.81 bits per heavy atom. The molecule has 0 saturated heterocycles. The summed E-state index contributed by atoms with van der Waals surface area (Å²) in [5, 5.41) is 0. The Morgan fingerprint density at radius 1 is 1.19 bits per heavy atom. The largest absolute Gasteiger partial charge is 0.466 e. The fourth-order valence-corrected chi connectivity index (χ4v) is 2.53. The Bertz CT molecular complexity index is 425. The van der Waals surface area contributed by atoms with E-state index in [0.29, 0.717) is 18.9 Å². The van der Waals surface area contributed by atoms with E-state index in [-0.39, 0.29) is 17.9 Å². The third-order valence-corrected chi connectivity index (χ3v) is 3.53. The van der Waals surface area contributed by atoms with Crippen LogP contribution < -0.4 is 5.73 Å². The molecule has 0 aliphatic rings. The van der Waals surface area contributed by atoms with E-state index in [9.17, 15) is 4.79 Å². The summed E-state index contributed by atoms with van der Waals surface area (Å²) in [5.41, 5.74) is 8.73. The zero-order valence-electron chi connectivity index (χ0n) is 13.8. The first-order valence-electron chi connectivity index (χ1n) is 7.92. The van der Waals surface area contributed by atoms with Crippen LogP contribution in [0.5, 0.6) is 0 Å². The van der Waals surface area contributed by atoms with Crippen LogP contribution in [0.25, 0.3) is 0 Å². The van der Waals surface area contributed by atoms with Crippen molar-refractivity contribution in [2.45, 2.75) is 53.0 Å². The van der Waals surface area contributed by atoms with Crippen LogP contribution in [0, 0.1) is 11.8 Å². The van der Waals surface area contributed by atoms with Gasteiger partial charge in [-0.3, -0.25) is 4.79 Å². The number of nitrogens with two attached hydrogens (primary N) is 1. The molecule has 0 aromatic heterocycles. The second kappa shape index (κ2) is 8.83. The van der Waals surface area contributed by atoms with Crippen LogP contribution in [0.15, 0.2) is 24.3 Å². The standard InChI is InChI=1S/C18H29NO2/c1-5-21-18(20)12-14(4)11-17(19)16-8-6-15(7-9-16)10-13(2)3/h6-9,13-14,17H,5,10-12,19H2,1-4H3. The van der Waals surface area contributed by atoms with E-state index in [4.69, 9.17) is 10.5 Å². The van der Waals surface area contributed by atoms with E-state index in [1.54, 1.807) is 0 Å². The fraction of sp³-hybridized carbons (Fsp3) is 0.611. The zero-order valence-corrected chi connectivity index (χ0v) is 13.8. The molecule has 0 heterocycles. The monoisotopic (exact) mass is 291 g/mol. The molecule has 0 spiro atoms. The van der Waals surface area contributed by atoms with E-state index in [1.165, 1.54) is 5.56 Å². The molecule has 3 nitrogen and oxygen atoms in total. The summed E-state index contributed by atoms with van der Waals surface area (Å²) < 4.78 is 4.97. The predicted octanol–water partition coefficient (Wildman–Crippen LogP) is 3.86. The maximum atomic E-state index is 11.5. The van der Waals surface area contributed by atoms with Gasteiger partial charge in [-0.1, -0.05) is 45.0 Å². The summed E-state index contributed by atoms with van der Waals surface area (Å²) in [5.74, 6) is 0.757. The van der Waals surface area contributed by atoms with Gasteiger partial charge in [-0.05, 0) is 42.7 Å². The van der Waals surface area contributed by atoms with Gasteiger partial charge in [0, 0.05) is 12.5 Å². The Balaban J connectivity index is 2.51. The van der Waals surface area contributed by atoms with E-state index in [0.717, 1.165) is 18.4 Å². The minimum Gasteiger partial charge on any atom is -0.466 e. The molecule has 21 heavy (non-hydrogen) atoms. The first-order chi connectivity index (χ1) is 9.92. The molecule has 2 atom stereocenters. The highest BCUT2D eigenvalue weighted by atomic mass is 16.5. The highest BCUT2D eigenvalue weighted by Crippen LogP contribution is 2.22. The highest BCUT2D eigenvalue weighted by Gasteiger charge is 2.15. The smallest absolute Gasteiger partial charge is 0.306 e. The van der Waals surface area contributed by atoms with Gasteiger partial charge in [-0.25, -0.2) is 0 Å². The number of hydrogen-bond donors (Lipinski definition) is 1. The normalized spacial score (nSPS) is 14.0. The molecular weight excluding hydrogens is 262 g/mol. The lowest BCUT2D eigenvalue weighted by atomic mass is 9.93. The lowest BCUT2D eigenvalue weighted by Gasteiger charge is -2.17. The first kappa shape index (κ1) is 17.7. The second-order valence-electron chi connectivity index (χ2n) is 6.30. The van der Waals surface area contributed by atoms with E-state index < -0.39 is 0 Å². The first-order valence-corrected chi connectivity index (χ1v) is 7.92. The number of hydrogen-bond acceptors (Lipinski definition) is 3. The predicted molar refractivity (Wildman–Crippen MR) is 86.9 cm³/mol. The van der Waals surface area contributed by atoms with Gasteiger partial charge < -0.3 is 10.5 Å². The molecule has 1 rings (SSSR count). The molecule has 0 radical (unpaired) electrons. The molecule has 2 unspecified atom stereocenters. The van der Waals surface area contributed by atoms with Crippen molar-refractivity contribution >= 4 is 5.97 Å². The van der Waals surface area contributed by atoms with Gasteiger partial charge in [0.15, 0.2) is 0 Å². The van der Waals surface area contributed by atoms with Crippen LogP contribution >= 0.6 is 0 Å². The van der Waals surface area contributed by atoms with Gasteiger partial charge >= 0.3 is 5.97 Å². The summed E-state index contributed by atoms with van der Waals surface area (Å²) in [6.45, 7) is 8.75. The molecule has 3 heteroatoms. The lowest BCUT2D eigenvalue weighted by molar-refractivity contribution is -0.144. The molecule has 0 aliphatic carbocycles. The van der Waals surface area contributed by atoms with Crippen molar-refractivity contribution in [1.82, 2.24) is 0 Å². The van der Waals surface area contributed by atoms with Crippen molar-refractivity contribution < 1.29 is 9.53 Å². The molecular formula is C18H29NO2. The number of esters is 1. The van der Waals surface area contributed by atoms with Crippen LogP contribution in [0.4, 0.5) is 0 Å². The van der Waals surface area contributed by atoms with Gasteiger partial charge in [0.1, 0.15) is 0 Å². The SMILES string of the molecule is CCOC(=O)CC(C)CC(N)c1ccc(CC(C)C)cc1. The second-order valence-corrected chi connectivity index (χ2v) is 6.30. The molecule has 1 aromatic carbocycles. The Kier molecular flexibility index (Phi) is 7.44. The minimum absolute atomic E-state index is 0.0254. The van der Waals surface area contributed by atoms with Gasteiger partial charge in [0.05, 0.1) is 6.61 Å². The highest BCUT2D eigenvalue weighted by molar-refractivity contribution is 5.69. The Morgan fingerprint density at radius 3 is 2.33 bits per heavy atom. The zero-order chi connectivity index (χ0) is 15.8. The van der Waals surface area contributed by atoms with Crippen LogP contribution in [-0.2, 0) is 16.0 Å². The van der Waals surface area contributed by atoms with Gasteiger partial charge in [-0.2, -0.15) is 0 Å². The number of ether oxygens (including phenoxy) is 1. The molecule has 0 aliphatic heterocycles. The summed E-state index contributed by atoms with van der Waals surface area (Å²) in [6, 6.07) is 8.51. The van der Waals surface area contributed by atoms with Crippen molar-refractivity contribution in [2.24, 2.45) is 17.6 Å². The number of benzene rings is 1. The van der Waals surface area contributed by atoms with E-state index in [2.05, 4.69) is 38.1 Å². The van der Waals surface area contributed by atoms with Crippen LogP contribution in [0.2, 0.25) is 0 Å². The van der Waals surface area contributed by atoms with Crippen molar-refractivity contribution in [3.05, 3.63) is 35.4 Å². The summed E-state index contributed by atoms with van der Waals surface area (Å²) >= 11 is 0. The minimum atomic E-state index is -0.135. The number of carbonyl (C=O) groups excluding carboxylic acids is 1. The van der Waals surface area contributed by atoms with Crippen molar-refractivity contribution in [2.75, 3.05) is 6.61 Å². The lowest BCUT2D eigenvalue weighted by Crippen LogP contribution is -2.17. The molecule has 2 N–H and O–H groups in total. The van der Waals surface area contributed by atoms with Crippen LogP contribution in [0.3, 0.4) is 0 Å². The van der Waals surface area contributed by atoms with E-state index in [1.807, 2.05) is 13.8 Å². The fourth-order valence-electron chi connectivity index (χ4n) is 2.53. The van der Waals surface area contributed by atoms with Crippen molar-refractivity contribution in [3.8, 4) is 0 Å². The average molecular weight is 291 g/mol. The molecule has 0 saturated carbocycles. The Labute approximate surface area is 128 Å². The molecule has 1 aromatic rings. The summed E-state index contributed by atoms with van der Waals surface area (Å²) in [7, 11) is 0. The topological polar surface area (TPSA) is 52.3 Å². The Hall–Kier alpha value is -1.35. The number of carbonyl (C=O) groups is 1. The quantitative estimate of drug-likeness (QED) is 0.740. The molecule has 0 fully saturated rings. The third-order valence-electron chi connectivity index (χ3n) is 3.53. The van der Waals surface area contributed by atoms with Gasteiger partial charge in [-0.15, -0.1) is 0 Å². The van der Waals surface area contributed by atoms with Crippen LogP contribution in [-0.4, -0.2) is 12.6 Å². The van der Waals surface area contributed by atoms with Crippen molar-refractivity contribution in [3.63, 3.8) is 0 Å². The van der Waals surface area contributed by atoms with E-state index >= 15 is 0 Å². The van der Waals surface area contributed by atoms with Crippen LogP contribution in [0.1, 0.15) is 57.7 Å². The maximum absolute atomic E-state index is 11.5. The third kappa shape index (κ3) is 6.76. The maximum Gasteiger partial charge on any atom is 0.306 e. The van der Waals surface area contributed by atoms with Gasteiger partial charge in [0.25, 0.3) is 0 Å². The van der Waals surface area contributed by atoms with Gasteiger partial charge in [0.2, 0.25) is 0 Å². The summed E-state index contributed by atoms with van der Waals surface area (Å²) in [4.78, 5) is 11.5. The van der Waals surface area contributed by atoms with Crippen molar-refractivity contribution in [1.29, 1.82) is 0 Å². The summed E-state index contributed by atoms with van der Waals surface area (Å²) in [6.07, 6.45) is 2.32.